The van der Waals surface area contributed by atoms with E-state index in [-0.39, 0.29) is 6.54 Å². The lowest BCUT2D eigenvalue weighted by atomic mass is 10.1. The molecule has 1 unspecified atom stereocenters. The topological polar surface area (TPSA) is 84.2 Å². The van der Waals surface area contributed by atoms with Crippen LogP contribution in [0.4, 0.5) is 4.39 Å². The molecular weight excluding hydrogens is 333 g/mol. The molecule has 0 aliphatic rings. The Morgan fingerprint density at radius 2 is 1.50 bits per heavy atom. The van der Waals surface area contributed by atoms with Gasteiger partial charge in [0.15, 0.2) is 0 Å². The van der Waals surface area contributed by atoms with E-state index < -0.39 is 30.6 Å². The molecule has 5 nitrogen and oxygen atoms in total. The molecule has 2 rings (SSSR count). The predicted octanol–water partition coefficient (Wildman–Crippen LogP) is 1.72. The first-order valence-electron chi connectivity index (χ1n) is 8.57. The van der Waals surface area contributed by atoms with Crippen LogP contribution in [0.5, 0.6) is 0 Å². The van der Waals surface area contributed by atoms with Crippen LogP contribution in [-0.2, 0) is 22.6 Å². The Morgan fingerprint density at radius 1 is 0.923 bits per heavy atom. The van der Waals surface area contributed by atoms with Crippen LogP contribution in [0.25, 0.3) is 0 Å². The summed E-state index contributed by atoms with van der Waals surface area (Å²) in [4.78, 5) is 24.2. The number of nitrogens with two attached hydrogens (primary N) is 1. The molecule has 0 aliphatic carbocycles. The Hall–Kier alpha value is -2.73. The normalized spacial score (nSPS) is 12.8. The van der Waals surface area contributed by atoms with E-state index >= 15 is 0 Å². The lowest BCUT2D eigenvalue weighted by Gasteiger charge is -2.18. The average molecular weight is 357 g/mol. The number of alkyl halides is 1. The molecular formula is C20H24FN3O2. The summed E-state index contributed by atoms with van der Waals surface area (Å²) < 4.78 is 13.2. The highest BCUT2D eigenvalue weighted by atomic mass is 19.1. The lowest BCUT2D eigenvalue weighted by Crippen LogP contribution is -2.52. The van der Waals surface area contributed by atoms with Crippen molar-refractivity contribution >= 4 is 11.8 Å². The van der Waals surface area contributed by atoms with Crippen LogP contribution >= 0.6 is 0 Å². The Labute approximate surface area is 152 Å². The largest absolute Gasteiger partial charge is 0.350 e. The van der Waals surface area contributed by atoms with Crippen molar-refractivity contribution in [2.24, 2.45) is 5.73 Å². The fourth-order valence-electron chi connectivity index (χ4n) is 2.46. The summed E-state index contributed by atoms with van der Waals surface area (Å²) in [5.74, 6) is -1.10. The smallest absolute Gasteiger partial charge is 0.245 e. The number of carbonyl (C=O) groups excluding carboxylic acids is 2. The second-order valence-electron chi connectivity index (χ2n) is 6.05. The van der Waals surface area contributed by atoms with Crippen LogP contribution in [-0.4, -0.2) is 30.6 Å². The van der Waals surface area contributed by atoms with Gasteiger partial charge in [-0.2, -0.15) is 0 Å². The molecule has 0 bridgehead atoms. The zero-order valence-corrected chi connectivity index (χ0v) is 14.5. The number of halogens is 1. The quantitative estimate of drug-likeness (QED) is 0.639. The molecule has 0 spiro atoms. The zero-order valence-electron chi connectivity index (χ0n) is 14.5. The molecule has 0 fully saturated rings. The lowest BCUT2D eigenvalue weighted by molar-refractivity contribution is -0.130. The third-order valence-corrected chi connectivity index (χ3v) is 4.02. The summed E-state index contributed by atoms with van der Waals surface area (Å²) in [5.41, 5.74) is 7.83. The van der Waals surface area contributed by atoms with E-state index in [1.807, 2.05) is 60.7 Å². The van der Waals surface area contributed by atoms with Crippen molar-refractivity contribution < 1.29 is 14.0 Å². The van der Waals surface area contributed by atoms with Crippen LogP contribution < -0.4 is 16.4 Å². The number of carbonyl (C=O) groups is 2. The Bertz CT molecular complexity index is 695. The molecule has 4 N–H and O–H groups in total. The van der Waals surface area contributed by atoms with Gasteiger partial charge in [0.2, 0.25) is 11.8 Å². The Kier molecular flexibility index (Phi) is 7.76. The minimum Gasteiger partial charge on any atom is -0.350 e. The fourth-order valence-corrected chi connectivity index (χ4v) is 2.46. The van der Waals surface area contributed by atoms with Crippen LogP contribution in [0.3, 0.4) is 0 Å². The third-order valence-electron chi connectivity index (χ3n) is 4.02. The van der Waals surface area contributed by atoms with Crippen molar-refractivity contribution in [1.29, 1.82) is 0 Å². The number of aryl methyl sites for hydroxylation is 1. The van der Waals surface area contributed by atoms with E-state index in [0.717, 1.165) is 11.1 Å². The SMILES string of the molecule is N[C@H](CCc1ccccc1)C(=O)NC(CF)C(=O)NCc1ccccc1. The van der Waals surface area contributed by atoms with Gasteiger partial charge in [0.05, 0.1) is 6.04 Å². The summed E-state index contributed by atoms with van der Waals surface area (Å²) >= 11 is 0. The standard InChI is InChI=1S/C20H24FN3O2/c21-13-18(20(26)23-14-16-9-5-2-6-10-16)24-19(25)17(22)12-11-15-7-3-1-4-8-15/h1-10,17-18H,11-14,22H2,(H,23,26)(H,24,25)/t17-,18?/m1/s1. The molecule has 26 heavy (non-hydrogen) atoms. The molecule has 0 heterocycles. The number of rotatable bonds is 9. The van der Waals surface area contributed by atoms with Gasteiger partial charge in [-0.1, -0.05) is 60.7 Å². The molecule has 0 saturated heterocycles. The van der Waals surface area contributed by atoms with Crippen molar-refractivity contribution in [3.8, 4) is 0 Å². The molecule has 2 aromatic carbocycles. The van der Waals surface area contributed by atoms with Crippen molar-refractivity contribution in [2.75, 3.05) is 6.67 Å². The highest BCUT2D eigenvalue weighted by Gasteiger charge is 2.23. The molecule has 0 aliphatic heterocycles. The van der Waals surface area contributed by atoms with E-state index in [1.165, 1.54) is 0 Å². The number of hydrogen-bond acceptors (Lipinski definition) is 3. The third kappa shape index (κ3) is 6.29. The summed E-state index contributed by atoms with van der Waals surface area (Å²) in [5, 5.41) is 5.01. The van der Waals surface area contributed by atoms with Crippen molar-refractivity contribution in [3.05, 3.63) is 71.8 Å². The summed E-state index contributed by atoms with van der Waals surface area (Å²) in [6.45, 7) is -0.718. The monoisotopic (exact) mass is 357 g/mol. The van der Waals surface area contributed by atoms with Crippen LogP contribution in [0.15, 0.2) is 60.7 Å². The van der Waals surface area contributed by atoms with Crippen molar-refractivity contribution in [1.82, 2.24) is 10.6 Å². The second-order valence-corrected chi connectivity index (χ2v) is 6.05. The molecule has 138 valence electrons. The number of nitrogens with one attached hydrogen (secondary N) is 2. The maximum Gasteiger partial charge on any atom is 0.245 e. The van der Waals surface area contributed by atoms with Crippen molar-refractivity contribution in [3.63, 3.8) is 0 Å². The molecule has 6 heteroatoms. The molecule has 2 aromatic rings. The summed E-state index contributed by atoms with van der Waals surface area (Å²) in [6.07, 6.45) is 1.05. The number of amides is 2. The maximum absolute atomic E-state index is 13.2. The van der Waals surface area contributed by atoms with Gasteiger partial charge in [-0.25, -0.2) is 4.39 Å². The molecule has 0 saturated carbocycles. The van der Waals surface area contributed by atoms with Gasteiger partial charge in [0, 0.05) is 6.54 Å². The van der Waals surface area contributed by atoms with Gasteiger partial charge in [0.25, 0.3) is 0 Å². The van der Waals surface area contributed by atoms with E-state index in [4.69, 9.17) is 5.73 Å². The molecule has 0 radical (unpaired) electrons. The van der Waals surface area contributed by atoms with E-state index in [2.05, 4.69) is 10.6 Å². The van der Waals surface area contributed by atoms with Gasteiger partial charge in [-0.05, 0) is 24.0 Å². The Balaban J connectivity index is 1.79. The van der Waals surface area contributed by atoms with Gasteiger partial charge in [-0.3, -0.25) is 9.59 Å². The Morgan fingerprint density at radius 3 is 2.08 bits per heavy atom. The second kappa shape index (κ2) is 10.3. The number of hydrogen-bond donors (Lipinski definition) is 3. The van der Waals surface area contributed by atoms with Gasteiger partial charge in [-0.15, -0.1) is 0 Å². The van der Waals surface area contributed by atoms with E-state index in [1.54, 1.807) is 0 Å². The molecule has 0 aromatic heterocycles. The summed E-state index contributed by atoms with van der Waals surface area (Å²) in [6, 6.07) is 16.9. The fraction of sp³-hybridized carbons (Fsp3) is 0.300. The predicted molar refractivity (Wildman–Crippen MR) is 98.9 cm³/mol. The van der Waals surface area contributed by atoms with Crippen LogP contribution in [0.1, 0.15) is 17.5 Å². The first-order chi connectivity index (χ1) is 12.6. The van der Waals surface area contributed by atoms with Crippen LogP contribution in [0.2, 0.25) is 0 Å². The first-order valence-corrected chi connectivity index (χ1v) is 8.57. The minimum absolute atomic E-state index is 0.270. The highest BCUT2D eigenvalue weighted by molar-refractivity contribution is 5.89. The summed E-state index contributed by atoms with van der Waals surface area (Å²) in [7, 11) is 0. The highest BCUT2D eigenvalue weighted by Crippen LogP contribution is 2.04. The minimum atomic E-state index is -1.24. The van der Waals surface area contributed by atoms with Gasteiger partial charge >= 0.3 is 0 Å². The average Bonchev–Trinajstić information content (AvgIpc) is 2.69. The van der Waals surface area contributed by atoms with Gasteiger partial charge in [0.1, 0.15) is 12.7 Å². The molecule has 2 amide bonds. The first kappa shape index (κ1) is 19.6. The van der Waals surface area contributed by atoms with Gasteiger partial charge < -0.3 is 16.4 Å². The van der Waals surface area contributed by atoms with Crippen molar-refractivity contribution in [2.45, 2.75) is 31.5 Å². The zero-order chi connectivity index (χ0) is 18.8. The van der Waals surface area contributed by atoms with E-state index in [0.29, 0.717) is 12.8 Å². The van der Waals surface area contributed by atoms with E-state index in [9.17, 15) is 14.0 Å². The maximum atomic E-state index is 13.2. The molecule has 2 atom stereocenters. The number of benzene rings is 2. The van der Waals surface area contributed by atoms with Crippen LogP contribution in [0, 0.1) is 0 Å².